The first-order valence-electron chi connectivity index (χ1n) is 10.7. The molecule has 3 heterocycles. The Morgan fingerprint density at radius 1 is 1.16 bits per heavy atom. The average molecular weight is 444 g/mol. The van der Waals surface area contributed by atoms with Crippen LogP contribution in [0.15, 0.2) is 48.5 Å². The molecule has 162 valence electrons. The van der Waals surface area contributed by atoms with E-state index < -0.39 is 5.91 Å². The lowest BCUT2D eigenvalue weighted by molar-refractivity contribution is 0.100. The summed E-state index contributed by atoms with van der Waals surface area (Å²) in [6.07, 6.45) is 2.03. The van der Waals surface area contributed by atoms with E-state index in [0.717, 1.165) is 57.1 Å². The van der Waals surface area contributed by atoms with Gasteiger partial charge < -0.3 is 16.0 Å². The molecule has 0 saturated heterocycles. The van der Waals surface area contributed by atoms with Crippen LogP contribution in [0, 0.1) is 6.92 Å². The van der Waals surface area contributed by atoms with Crippen LogP contribution in [-0.4, -0.2) is 29.5 Å². The maximum absolute atomic E-state index is 12.0. The highest BCUT2D eigenvalue weighted by molar-refractivity contribution is 7.20. The van der Waals surface area contributed by atoms with Crippen molar-refractivity contribution in [3.63, 3.8) is 0 Å². The number of aryl methyl sites for hydroxylation is 1. The summed E-state index contributed by atoms with van der Waals surface area (Å²) in [4.78, 5) is 25.2. The first-order chi connectivity index (χ1) is 15.5. The van der Waals surface area contributed by atoms with Crippen LogP contribution in [0.5, 0.6) is 0 Å². The van der Waals surface area contributed by atoms with Gasteiger partial charge in [-0.25, -0.2) is 9.97 Å². The number of hydrogen-bond acceptors (Lipinski definition) is 6. The quantitative estimate of drug-likeness (QED) is 0.465. The summed E-state index contributed by atoms with van der Waals surface area (Å²) in [5.41, 5.74) is 9.50. The number of amides is 1. The molecule has 5 rings (SSSR count). The number of fused-ring (bicyclic) bond motifs is 2. The van der Waals surface area contributed by atoms with Crippen molar-refractivity contribution < 1.29 is 4.79 Å². The predicted molar refractivity (Wildman–Crippen MR) is 131 cm³/mol. The average Bonchev–Trinajstić information content (AvgIpc) is 3.14. The van der Waals surface area contributed by atoms with Crippen molar-refractivity contribution in [2.24, 2.45) is 5.73 Å². The van der Waals surface area contributed by atoms with Gasteiger partial charge in [0, 0.05) is 46.2 Å². The lowest BCUT2D eigenvalue weighted by Crippen LogP contribution is -2.27. The summed E-state index contributed by atoms with van der Waals surface area (Å²) in [6, 6.07) is 16.0. The lowest BCUT2D eigenvalue weighted by atomic mass is 10.0. The van der Waals surface area contributed by atoms with Gasteiger partial charge in [-0.1, -0.05) is 42.5 Å². The number of rotatable bonds is 5. The molecule has 2 aromatic carbocycles. The molecule has 0 aliphatic carbocycles. The van der Waals surface area contributed by atoms with Gasteiger partial charge in [0.05, 0.1) is 5.56 Å². The van der Waals surface area contributed by atoms with Crippen LogP contribution in [-0.2, 0) is 13.0 Å². The van der Waals surface area contributed by atoms with Crippen LogP contribution in [0.1, 0.15) is 32.8 Å². The third-order valence-electron chi connectivity index (χ3n) is 5.95. The van der Waals surface area contributed by atoms with Crippen molar-refractivity contribution in [3.8, 4) is 11.4 Å². The van der Waals surface area contributed by atoms with Gasteiger partial charge in [-0.15, -0.1) is 11.3 Å². The van der Waals surface area contributed by atoms with Gasteiger partial charge in [0.2, 0.25) is 5.91 Å². The predicted octanol–water partition coefficient (Wildman–Crippen LogP) is 4.76. The number of hydrogen-bond donors (Lipinski definition) is 2. The Morgan fingerprint density at radius 3 is 2.75 bits per heavy atom. The third kappa shape index (κ3) is 3.58. The number of nitrogens with zero attached hydrogens (tertiary/aromatic N) is 3. The van der Waals surface area contributed by atoms with E-state index in [2.05, 4.69) is 29.4 Å². The van der Waals surface area contributed by atoms with Crippen LogP contribution in [0.25, 0.3) is 21.5 Å². The summed E-state index contributed by atoms with van der Waals surface area (Å²) in [5, 5.41) is 4.53. The molecule has 0 spiro atoms. The fourth-order valence-electron chi connectivity index (χ4n) is 4.37. The number of thiophene rings is 1. The molecule has 7 heteroatoms. The molecule has 0 fully saturated rings. The zero-order valence-corrected chi connectivity index (χ0v) is 19.0. The molecule has 0 bridgehead atoms. The SMILES string of the molecule is Cc1sc2c(C(N)=O)cccc2c1-c1nc(NCc2ccccc2)c2c(n1)N(C)CCC2. The summed E-state index contributed by atoms with van der Waals surface area (Å²) in [5.74, 6) is 2.12. The smallest absolute Gasteiger partial charge is 0.250 e. The number of anilines is 2. The standard InChI is InChI=1S/C25H25N5OS/c1-15-20(17-10-6-11-18(22(26)31)21(17)32-15)24-28-23(27-14-16-8-4-3-5-9-16)19-12-7-13-30(2)25(19)29-24/h3-6,8-11H,7,12-14H2,1-2H3,(H2,26,31)(H,27,28,29). The van der Waals surface area contributed by atoms with Crippen LogP contribution < -0.4 is 16.0 Å². The summed E-state index contributed by atoms with van der Waals surface area (Å²) < 4.78 is 0.890. The molecule has 4 aromatic rings. The Kier molecular flexibility index (Phi) is 5.27. The van der Waals surface area contributed by atoms with Crippen molar-refractivity contribution in [2.45, 2.75) is 26.3 Å². The highest BCUT2D eigenvalue weighted by atomic mass is 32.1. The Morgan fingerprint density at radius 2 is 1.97 bits per heavy atom. The number of primary amides is 1. The van der Waals surface area contributed by atoms with E-state index >= 15 is 0 Å². The number of nitrogens with two attached hydrogens (primary N) is 1. The Bertz CT molecular complexity index is 1320. The van der Waals surface area contributed by atoms with Crippen LogP contribution in [0.2, 0.25) is 0 Å². The second-order valence-corrected chi connectivity index (χ2v) is 9.37. The summed E-state index contributed by atoms with van der Waals surface area (Å²) >= 11 is 1.57. The van der Waals surface area contributed by atoms with E-state index in [1.165, 1.54) is 5.56 Å². The highest BCUT2D eigenvalue weighted by Crippen LogP contribution is 2.41. The van der Waals surface area contributed by atoms with Gasteiger partial charge in [0.1, 0.15) is 11.6 Å². The van der Waals surface area contributed by atoms with Crippen molar-refractivity contribution in [3.05, 3.63) is 70.1 Å². The number of carbonyl (C=O) groups excluding carboxylic acids is 1. The fourth-order valence-corrected chi connectivity index (χ4v) is 5.53. The molecular formula is C25H25N5OS. The van der Waals surface area contributed by atoms with Gasteiger partial charge in [-0.2, -0.15) is 0 Å². The van der Waals surface area contributed by atoms with E-state index in [1.807, 2.05) is 37.3 Å². The topological polar surface area (TPSA) is 84.1 Å². The zero-order valence-electron chi connectivity index (χ0n) is 18.2. The number of aromatic nitrogens is 2. The second-order valence-electron chi connectivity index (χ2n) is 8.14. The largest absolute Gasteiger partial charge is 0.366 e. The van der Waals surface area contributed by atoms with E-state index in [4.69, 9.17) is 15.7 Å². The van der Waals surface area contributed by atoms with Gasteiger partial charge in [-0.3, -0.25) is 4.79 Å². The Labute approximate surface area is 191 Å². The van der Waals surface area contributed by atoms with Gasteiger partial charge in [0.15, 0.2) is 5.82 Å². The molecule has 0 unspecified atom stereocenters. The molecule has 1 aliphatic heterocycles. The molecular weight excluding hydrogens is 418 g/mol. The molecule has 0 atom stereocenters. The molecule has 6 nitrogen and oxygen atoms in total. The molecule has 0 radical (unpaired) electrons. The maximum atomic E-state index is 12.0. The van der Waals surface area contributed by atoms with Crippen molar-refractivity contribution >= 4 is 39.0 Å². The summed E-state index contributed by atoms with van der Waals surface area (Å²) in [7, 11) is 2.08. The third-order valence-corrected chi connectivity index (χ3v) is 7.10. The van der Waals surface area contributed by atoms with E-state index in [9.17, 15) is 4.79 Å². The minimum Gasteiger partial charge on any atom is -0.366 e. The van der Waals surface area contributed by atoms with Crippen molar-refractivity contribution in [2.75, 3.05) is 23.8 Å². The van der Waals surface area contributed by atoms with Crippen molar-refractivity contribution in [1.29, 1.82) is 0 Å². The normalized spacial score (nSPS) is 13.2. The molecule has 2 aromatic heterocycles. The lowest BCUT2D eigenvalue weighted by Gasteiger charge is -2.28. The van der Waals surface area contributed by atoms with E-state index in [1.54, 1.807) is 17.4 Å². The number of benzene rings is 2. The maximum Gasteiger partial charge on any atom is 0.250 e. The molecule has 1 aliphatic rings. The Balaban J connectivity index is 1.65. The van der Waals surface area contributed by atoms with Crippen LogP contribution in [0.3, 0.4) is 0 Å². The minimum absolute atomic E-state index is 0.417. The van der Waals surface area contributed by atoms with Crippen molar-refractivity contribution in [1.82, 2.24) is 9.97 Å². The van der Waals surface area contributed by atoms with Gasteiger partial charge >= 0.3 is 0 Å². The molecule has 1 amide bonds. The number of carbonyl (C=O) groups is 1. The molecule has 3 N–H and O–H groups in total. The first kappa shape index (κ1) is 20.5. The van der Waals surface area contributed by atoms with Gasteiger partial charge in [0.25, 0.3) is 0 Å². The molecule has 0 saturated carbocycles. The van der Waals surface area contributed by atoms with Crippen LogP contribution >= 0.6 is 11.3 Å². The minimum atomic E-state index is -0.417. The Hall–Kier alpha value is -3.45. The van der Waals surface area contributed by atoms with E-state index in [0.29, 0.717) is 17.9 Å². The second kappa shape index (κ2) is 8.24. The van der Waals surface area contributed by atoms with Crippen LogP contribution in [0.4, 0.5) is 11.6 Å². The molecule has 32 heavy (non-hydrogen) atoms. The zero-order chi connectivity index (χ0) is 22.2. The first-order valence-corrected chi connectivity index (χ1v) is 11.6. The van der Waals surface area contributed by atoms with Gasteiger partial charge in [-0.05, 0) is 31.4 Å². The highest BCUT2D eigenvalue weighted by Gasteiger charge is 2.24. The summed E-state index contributed by atoms with van der Waals surface area (Å²) in [6.45, 7) is 3.72. The number of nitrogens with one attached hydrogen (secondary N) is 1. The monoisotopic (exact) mass is 443 g/mol. The fraction of sp³-hybridized carbons (Fsp3) is 0.240. The van der Waals surface area contributed by atoms with E-state index in [-0.39, 0.29) is 0 Å².